The summed E-state index contributed by atoms with van der Waals surface area (Å²) in [6, 6.07) is 6.41. The number of amides is 2. The van der Waals surface area contributed by atoms with Crippen LogP contribution in [0.25, 0.3) is 0 Å². The van der Waals surface area contributed by atoms with Crippen LogP contribution in [0, 0.1) is 0 Å². The number of carboxylic acids is 1. The average Bonchev–Trinajstić information content (AvgIpc) is 3.14. The molecule has 2 amide bonds. The van der Waals surface area contributed by atoms with Gasteiger partial charge in [0.2, 0.25) is 0 Å². The fourth-order valence-corrected chi connectivity index (χ4v) is 4.40. The third-order valence-corrected chi connectivity index (χ3v) is 5.67. The third-order valence-electron chi connectivity index (χ3n) is 3.77. The van der Waals surface area contributed by atoms with E-state index < -0.39 is 5.97 Å². The molecule has 2 heterocycles. The highest BCUT2D eigenvalue weighted by molar-refractivity contribution is 7.99. The van der Waals surface area contributed by atoms with Gasteiger partial charge in [0.25, 0.3) is 0 Å². The molecule has 1 fully saturated rings. The fraction of sp³-hybridized carbons (Fsp3) is 0.312. The molecule has 1 unspecified atom stereocenters. The Balaban J connectivity index is 1.62. The molecule has 0 spiro atoms. The number of thiazole rings is 1. The number of thioether (sulfide) groups is 1. The van der Waals surface area contributed by atoms with Gasteiger partial charge in [-0.3, -0.25) is 0 Å². The molecule has 0 saturated carbocycles. The first-order chi connectivity index (χ1) is 11.6. The Morgan fingerprint density at radius 3 is 2.79 bits per heavy atom. The van der Waals surface area contributed by atoms with Crippen molar-refractivity contribution in [2.24, 2.45) is 0 Å². The molecule has 8 heteroatoms. The quantitative estimate of drug-likeness (QED) is 0.873. The van der Waals surface area contributed by atoms with E-state index in [0.29, 0.717) is 13.1 Å². The normalized spacial score (nSPS) is 17.5. The van der Waals surface area contributed by atoms with E-state index in [0.717, 1.165) is 22.1 Å². The van der Waals surface area contributed by atoms with Crippen LogP contribution in [0.2, 0.25) is 0 Å². The van der Waals surface area contributed by atoms with Crippen molar-refractivity contribution >= 4 is 35.1 Å². The Bertz CT molecular complexity index is 704. The van der Waals surface area contributed by atoms with Gasteiger partial charge in [-0.15, -0.1) is 11.3 Å². The van der Waals surface area contributed by atoms with Crippen molar-refractivity contribution in [1.29, 1.82) is 0 Å². The number of urea groups is 1. The summed E-state index contributed by atoms with van der Waals surface area (Å²) in [5.74, 6) is 0.819. The molecule has 1 saturated heterocycles. The van der Waals surface area contributed by atoms with Crippen molar-refractivity contribution in [3.8, 4) is 0 Å². The Hall–Kier alpha value is -2.06. The predicted octanol–water partition coefficient (Wildman–Crippen LogP) is 2.84. The highest BCUT2D eigenvalue weighted by atomic mass is 32.2. The minimum Gasteiger partial charge on any atom is -0.478 e. The van der Waals surface area contributed by atoms with E-state index in [-0.39, 0.29) is 17.6 Å². The zero-order chi connectivity index (χ0) is 16.9. The number of carbonyl (C=O) groups is 2. The first-order valence-electron chi connectivity index (χ1n) is 7.49. The standard InChI is InChI=1S/C16H17N3O3S2/c20-15(21)12-3-1-11(2-4-12)9-18-16(22)19-6-8-23-10-13(19)14-17-5-7-24-14/h1-5,7,13H,6,8-10H2,(H,18,22)(H,20,21). The molecular weight excluding hydrogens is 346 g/mol. The van der Waals surface area contributed by atoms with Gasteiger partial charge in [0.1, 0.15) is 5.01 Å². The molecule has 0 radical (unpaired) electrons. The minimum absolute atomic E-state index is 0.0122. The summed E-state index contributed by atoms with van der Waals surface area (Å²) in [5.41, 5.74) is 1.10. The largest absolute Gasteiger partial charge is 0.478 e. The van der Waals surface area contributed by atoms with Crippen molar-refractivity contribution in [3.05, 3.63) is 52.0 Å². The first kappa shape index (κ1) is 16.8. The van der Waals surface area contributed by atoms with Crippen molar-refractivity contribution in [1.82, 2.24) is 15.2 Å². The van der Waals surface area contributed by atoms with Gasteiger partial charge in [0, 0.05) is 36.2 Å². The zero-order valence-corrected chi connectivity index (χ0v) is 14.5. The van der Waals surface area contributed by atoms with Gasteiger partial charge in [-0.25, -0.2) is 14.6 Å². The summed E-state index contributed by atoms with van der Waals surface area (Å²) in [6.07, 6.45) is 1.76. The summed E-state index contributed by atoms with van der Waals surface area (Å²) in [4.78, 5) is 29.6. The second-order valence-corrected chi connectivity index (χ2v) is 7.39. The molecule has 2 N–H and O–H groups in total. The van der Waals surface area contributed by atoms with Crippen LogP contribution in [0.4, 0.5) is 4.79 Å². The van der Waals surface area contributed by atoms with E-state index in [1.807, 2.05) is 22.0 Å². The molecule has 1 atom stereocenters. The van der Waals surface area contributed by atoms with E-state index in [1.165, 1.54) is 0 Å². The molecule has 126 valence electrons. The molecule has 1 aromatic heterocycles. The number of nitrogens with zero attached hydrogens (tertiary/aromatic N) is 2. The van der Waals surface area contributed by atoms with E-state index in [1.54, 1.807) is 41.8 Å². The highest BCUT2D eigenvalue weighted by Crippen LogP contribution is 2.30. The summed E-state index contributed by atoms with van der Waals surface area (Å²) < 4.78 is 0. The lowest BCUT2D eigenvalue weighted by molar-refractivity contribution is 0.0697. The number of rotatable bonds is 4. The number of carboxylic acid groups (broad SMARTS) is 1. The number of aromatic nitrogens is 1. The molecule has 1 aromatic carbocycles. The maximum absolute atomic E-state index is 12.5. The maximum Gasteiger partial charge on any atom is 0.335 e. The molecule has 3 rings (SSSR count). The summed E-state index contributed by atoms with van der Waals surface area (Å²) in [6.45, 7) is 1.06. The van der Waals surface area contributed by atoms with Crippen LogP contribution >= 0.6 is 23.1 Å². The number of nitrogens with one attached hydrogen (secondary N) is 1. The van der Waals surface area contributed by atoms with Crippen LogP contribution < -0.4 is 5.32 Å². The van der Waals surface area contributed by atoms with Gasteiger partial charge in [0.05, 0.1) is 11.6 Å². The number of aromatic carboxylic acids is 1. The third kappa shape index (κ3) is 3.88. The summed E-state index contributed by atoms with van der Waals surface area (Å²) >= 11 is 3.40. The fourth-order valence-electron chi connectivity index (χ4n) is 2.49. The van der Waals surface area contributed by atoms with Gasteiger partial charge in [-0.2, -0.15) is 11.8 Å². The molecule has 6 nitrogen and oxygen atoms in total. The Morgan fingerprint density at radius 2 is 2.12 bits per heavy atom. The zero-order valence-electron chi connectivity index (χ0n) is 12.8. The predicted molar refractivity (Wildman–Crippen MR) is 94.5 cm³/mol. The van der Waals surface area contributed by atoms with E-state index >= 15 is 0 Å². The topological polar surface area (TPSA) is 82.5 Å². The van der Waals surface area contributed by atoms with Crippen molar-refractivity contribution < 1.29 is 14.7 Å². The summed E-state index contributed by atoms with van der Waals surface area (Å²) in [7, 11) is 0. The lowest BCUT2D eigenvalue weighted by Gasteiger charge is -2.34. The lowest BCUT2D eigenvalue weighted by Crippen LogP contribution is -2.46. The SMILES string of the molecule is O=C(O)c1ccc(CNC(=O)N2CCSCC2c2nccs2)cc1. The van der Waals surface area contributed by atoms with E-state index in [4.69, 9.17) is 5.11 Å². The minimum atomic E-state index is -0.956. The average molecular weight is 363 g/mol. The van der Waals surface area contributed by atoms with Gasteiger partial charge in [-0.1, -0.05) is 12.1 Å². The molecule has 0 bridgehead atoms. The first-order valence-corrected chi connectivity index (χ1v) is 9.52. The Labute approximate surface area is 147 Å². The van der Waals surface area contributed by atoms with E-state index in [9.17, 15) is 9.59 Å². The van der Waals surface area contributed by atoms with Crippen molar-refractivity contribution in [2.45, 2.75) is 12.6 Å². The monoisotopic (exact) mass is 363 g/mol. The van der Waals surface area contributed by atoms with Gasteiger partial charge in [0.15, 0.2) is 0 Å². The Morgan fingerprint density at radius 1 is 1.33 bits per heavy atom. The van der Waals surface area contributed by atoms with Gasteiger partial charge < -0.3 is 15.3 Å². The smallest absolute Gasteiger partial charge is 0.335 e. The maximum atomic E-state index is 12.5. The van der Waals surface area contributed by atoms with Gasteiger partial charge >= 0.3 is 12.0 Å². The second kappa shape index (κ2) is 7.67. The summed E-state index contributed by atoms with van der Waals surface area (Å²) in [5, 5.41) is 14.7. The molecule has 24 heavy (non-hydrogen) atoms. The molecule has 1 aliphatic heterocycles. The number of hydrogen-bond donors (Lipinski definition) is 2. The van der Waals surface area contributed by atoms with Crippen LogP contribution in [0.1, 0.15) is 27.0 Å². The Kier molecular flexibility index (Phi) is 5.37. The van der Waals surface area contributed by atoms with Crippen molar-refractivity contribution in [2.75, 3.05) is 18.1 Å². The number of carbonyl (C=O) groups excluding carboxylic acids is 1. The molecular formula is C16H17N3O3S2. The van der Waals surface area contributed by atoms with Crippen molar-refractivity contribution in [3.63, 3.8) is 0 Å². The van der Waals surface area contributed by atoms with Crippen LogP contribution in [-0.2, 0) is 6.54 Å². The lowest BCUT2D eigenvalue weighted by atomic mass is 10.1. The van der Waals surface area contributed by atoms with Crippen LogP contribution in [0.5, 0.6) is 0 Å². The second-order valence-electron chi connectivity index (χ2n) is 5.32. The van der Waals surface area contributed by atoms with Crippen LogP contribution in [0.3, 0.4) is 0 Å². The highest BCUT2D eigenvalue weighted by Gasteiger charge is 2.29. The van der Waals surface area contributed by atoms with Crippen LogP contribution in [-0.4, -0.2) is 45.0 Å². The number of hydrogen-bond acceptors (Lipinski definition) is 5. The van der Waals surface area contributed by atoms with Gasteiger partial charge in [-0.05, 0) is 17.7 Å². The number of benzene rings is 1. The molecule has 0 aliphatic carbocycles. The van der Waals surface area contributed by atoms with Crippen LogP contribution in [0.15, 0.2) is 35.8 Å². The van der Waals surface area contributed by atoms with E-state index in [2.05, 4.69) is 10.3 Å². The molecule has 1 aliphatic rings. The molecule has 2 aromatic rings.